The first-order chi connectivity index (χ1) is 12.7. The lowest BCUT2D eigenvalue weighted by Gasteiger charge is -2.37. The summed E-state index contributed by atoms with van der Waals surface area (Å²) in [6.07, 6.45) is 0.828. The monoisotopic (exact) mass is 376 g/mol. The van der Waals surface area contributed by atoms with E-state index >= 15 is 0 Å². The summed E-state index contributed by atoms with van der Waals surface area (Å²) in [7, 11) is 0. The number of aliphatic imine (C=N–C) groups is 1. The smallest absolute Gasteiger partial charge is 0.194 e. The zero-order valence-corrected chi connectivity index (χ0v) is 15.7. The van der Waals surface area contributed by atoms with Gasteiger partial charge in [-0.05, 0) is 37.3 Å². The molecule has 1 aromatic heterocycles. The van der Waals surface area contributed by atoms with Crippen molar-refractivity contribution in [3.8, 4) is 0 Å². The standard InChI is InChI=1S/C19H25ClN4O2/c1-2-21-19(22-14-17(25)18-7-4-12-26-18)24-10-8-23(9-11-24)16-6-3-5-15(20)13-16/h3-7,12-13,17,25H,2,8-11,14H2,1H3,(H,21,22). The highest BCUT2D eigenvalue weighted by atomic mass is 35.5. The molecule has 140 valence electrons. The van der Waals surface area contributed by atoms with Crippen LogP contribution in [0.15, 0.2) is 52.1 Å². The highest BCUT2D eigenvalue weighted by molar-refractivity contribution is 6.30. The Hall–Kier alpha value is -2.18. The third-order valence-corrected chi connectivity index (χ3v) is 4.61. The van der Waals surface area contributed by atoms with Gasteiger partial charge < -0.3 is 24.6 Å². The lowest BCUT2D eigenvalue weighted by atomic mass is 10.2. The van der Waals surface area contributed by atoms with Gasteiger partial charge in [0, 0.05) is 43.4 Å². The van der Waals surface area contributed by atoms with Crippen molar-refractivity contribution in [2.45, 2.75) is 13.0 Å². The Bertz CT molecular complexity index is 712. The quantitative estimate of drug-likeness (QED) is 0.620. The molecule has 0 bridgehead atoms. The van der Waals surface area contributed by atoms with E-state index in [4.69, 9.17) is 16.0 Å². The van der Waals surface area contributed by atoms with Crippen LogP contribution in [0.3, 0.4) is 0 Å². The zero-order chi connectivity index (χ0) is 18.4. The van der Waals surface area contributed by atoms with Gasteiger partial charge in [-0.1, -0.05) is 17.7 Å². The number of nitrogens with one attached hydrogen (secondary N) is 1. The van der Waals surface area contributed by atoms with Crippen molar-refractivity contribution in [2.24, 2.45) is 4.99 Å². The molecule has 0 aliphatic carbocycles. The fourth-order valence-electron chi connectivity index (χ4n) is 3.02. The van der Waals surface area contributed by atoms with Crippen molar-refractivity contribution in [2.75, 3.05) is 44.2 Å². The molecule has 1 atom stereocenters. The third kappa shape index (κ3) is 4.71. The second kappa shape index (κ2) is 8.96. The number of anilines is 1. The summed E-state index contributed by atoms with van der Waals surface area (Å²) in [5.41, 5.74) is 1.15. The number of aliphatic hydroxyl groups excluding tert-OH is 1. The van der Waals surface area contributed by atoms with Gasteiger partial charge in [0.15, 0.2) is 5.96 Å². The fraction of sp³-hybridized carbons (Fsp3) is 0.421. The first kappa shape index (κ1) is 18.6. The summed E-state index contributed by atoms with van der Waals surface area (Å²) in [6, 6.07) is 11.5. The van der Waals surface area contributed by atoms with E-state index in [-0.39, 0.29) is 6.54 Å². The van der Waals surface area contributed by atoms with Crippen LogP contribution in [0.25, 0.3) is 0 Å². The van der Waals surface area contributed by atoms with Crippen LogP contribution in [0.2, 0.25) is 5.02 Å². The number of benzene rings is 1. The van der Waals surface area contributed by atoms with Gasteiger partial charge >= 0.3 is 0 Å². The van der Waals surface area contributed by atoms with Gasteiger partial charge in [0.05, 0.1) is 12.8 Å². The first-order valence-corrected chi connectivity index (χ1v) is 9.30. The average molecular weight is 377 g/mol. The number of rotatable bonds is 5. The highest BCUT2D eigenvalue weighted by Gasteiger charge is 2.20. The molecule has 0 amide bonds. The number of furan rings is 1. The van der Waals surface area contributed by atoms with Crippen molar-refractivity contribution >= 4 is 23.2 Å². The molecule has 7 heteroatoms. The van der Waals surface area contributed by atoms with Crippen molar-refractivity contribution in [3.63, 3.8) is 0 Å². The van der Waals surface area contributed by atoms with Crippen molar-refractivity contribution < 1.29 is 9.52 Å². The van der Waals surface area contributed by atoms with Crippen molar-refractivity contribution in [1.82, 2.24) is 10.2 Å². The van der Waals surface area contributed by atoms with Gasteiger partial charge in [0.25, 0.3) is 0 Å². The molecule has 1 saturated heterocycles. The molecule has 1 aliphatic rings. The molecule has 2 N–H and O–H groups in total. The van der Waals surface area contributed by atoms with Gasteiger partial charge in [-0.15, -0.1) is 0 Å². The third-order valence-electron chi connectivity index (χ3n) is 4.37. The Balaban J connectivity index is 1.60. The van der Waals surface area contributed by atoms with Crippen molar-refractivity contribution in [1.29, 1.82) is 0 Å². The van der Waals surface area contributed by atoms with E-state index in [9.17, 15) is 5.11 Å². The van der Waals surface area contributed by atoms with Crippen LogP contribution >= 0.6 is 11.6 Å². The number of guanidine groups is 1. The largest absolute Gasteiger partial charge is 0.467 e. The Morgan fingerprint density at radius 2 is 2.08 bits per heavy atom. The predicted octanol–water partition coefficient (Wildman–Crippen LogP) is 2.75. The summed E-state index contributed by atoms with van der Waals surface area (Å²) in [4.78, 5) is 9.13. The second-order valence-corrected chi connectivity index (χ2v) is 6.62. The average Bonchev–Trinajstić information content (AvgIpc) is 3.20. The number of hydrogen-bond donors (Lipinski definition) is 2. The summed E-state index contributed by atoms with van der Waals surface area (Å²) in [5.74, 6) is 1.36. The zero-order valence-electron chi connectivity index (χ0n) is 14.9. The minimum absolute atomic E-state index is 0.268. The van der Waals surface area contributed by atoms with E-state index in [2.05, 4.69) is 26.2 Å². The lowest BCUT2D eigenvalue weighted by molar-refractivity contribution is 0.158. The maximum atomic E-state index is 10.2. The van der Waals surface area contributed by atoms with E-state index in [0.29, 0.717) is 5.76 Å². The Kier molecular flexibility index (Phi) is 6.41. The summed E-state index contributed by atoms with van der Waals surface area (Å²) in [5, 5.41) is 14.2. The maximum Gasteiger partial charge on any atom is 0.194 e. The van der Waals surface area contributed by atoms with E-state index < -0.39 is 6.10 Å². The number of halogens is 1. The van der Waals surface area contributed by atoms with Crippen molar-refractivity contribution in [3.05, 3.63) is 53.4 Å². The second-order valence-electron chi connectivity index (χ2n) is 6.18. The van der Waals surface area contributed by atoms with Gasteiger partial charge in [0.2, 0.25) is 0 Å². The molecular weight excluding hydrogens is 352 g/mol. The molecule has 3 rings (SSSR count). The minimum atomic E-state index is -0.730. The summed E-state index contributed by atoms with van der Waals surface area (Å²) in [6.45, 7) is 6.59. The Morgan fingerprint density at radius 3 is 2.73 bits per heavy atom. The predicted molar refractivity (Wildman–Crippen MR) is 105 cm³/mol. The van der Waals surface area contributed by atoms with Crippen LogP contribution in [0.1, 0.15) is 18.8 Å². The molecule has 0 saturated carbocycles. The molecule has 1 aliphatic heterocycles. The molecular formula is C19H25ClN4O2. The van der Waals surface area contributed by atoms with Crippen LogP contribution in [0.5, 0.6) is 0 Å². The molecule has 1 aromatic carbocycles. The molecule has 0 radical (unpaired) electrons. The molecule has 2 aromatic rings. The molecule has 2 heterocycles. The topological polar surface area (TPSA) is 64.2 Å². The van der Waals surface area contributed by atoms with E-state index in [1.165, 1.54) is 0 Å². The van der Waals surface area contributed by atoms with Crippen LogP contribution < -0.4 is 10.2 Å². The van der Waals surface area contributed by atoms with Gasteiger partial charge in [-0.2, -0.15) is 0 Å². The molecule has 1 fully saturated rings. The number of hydrogen-bond acceptors (Lipinski definition) is 4. The molecule has 1 unspecified atom stereocenters. The molecule has 26 heavy (non-hydrogen) atoms. The SMILES string of the molecule is CCNC(=NCC(O)c1ccco1)N1CCN(c2cccc(Cl)c2)CC1. The van der Waals surface area contributed by atoms with Crippen LogP contribution in [-0.2, 0) is 0 Å². The van der Waals surface area contributed by atoms with Crippen LogP contribution in [0.4, 0.5) is 5.69 Å². The molecule has 6 nitrogen and oxygen atoms in total. The molecule has 0 spiro atoms. The lowest BCUT2D eigenvalue weighted by Crippen LogP contribution is -2.52. The van der Waals surface area contributed by atoms with E-state index in [1.54, 1.807) is 18.4 Å². The Labute approximate surface area is 159 Å². The van der Waals surface area contributed by atoms with Crippen LogP contribution in [-0.4, -0.2) is 55.2 Å². The first-order valence-electron chi connectivity index (χ1n) is 8.92. The highest BCUT2D eigenvalue weighted by Crippen LogP contribution is 2.21. The van der Waals surface area contributed by atoms with Gasteiger partial charge in [-0.3, -0.25) is 0 Å². The number of aliphatic hydroxyl groups is 1. The van der Waals surface area contributed by atoms with E-state index in [1.807, 2.05) is 25.1 Å². The minimum Gasteiger partial charge on any atom is -0.467 e. The van der Waals surface area contributed by atoms with Gasteiger partial charge in [-0.25, -0.2) is 4.99 Å². The summed E-state index contributed by atoms with van der Waals surface area (Å²) >= 11 is 6.10. The normalized spacial score (nSPS) is 16.7. The van der Waals surface area contributed by atoms with Gasteiger partial charge in [0.1, 0.15) is 11.9 Å². The fourth-order valence-corrected chi connectivity index (χ4v) is 3.20. The number of nitrogens with zero attached hydrogens (tertiary/aromatic N) is 3. The van der Waals surface area contributed by atoms with E-state index in [0.717, 1.165) is 49.4 Å². The number of piperazine rings is 1. The Morgan fingerprint density at radius 1 is 1.27 bits per heavy atom. The van der Waals surface area contributed by atoms with Crippen LogP contribution in [0, 0.1) is 0 Å². The summed E-state index contributed by atoms with van der Waals surface area (Å²) < 4.78 is 5.23. The maximum absolute atomic E-state index is 10.2.